The van der Waals surface area contributed by atoms with Crippen molar-refractivity contribution in [3.05, 3.63) is 11.7 Å². The number of likely N-dealkylation sites (tertiary alicyclic amines) is 1. The summed E-state index contributed by atoms with van der Waals surface area (Å²) in [4.78, 5) is 15.7. The Morgan fingerprint density at radius 3 is 2.56 bits per heavy atom. The number of aromatic nitrogens is 2. The van der Waals surface area contributed by atoms with Gasteiger partial charge in [0.05, 0.1) is 0 Å². The summed E-state index contributed by atoms with van der Waals surface area (Å²) in [5.41, 5.74) is -0.511. The van der Waals surface area contributed by atoms with Crippen LogP contribution in [0.4, 0.5) is 13.6 Å². The SMILES string of the molecule is CC1(c2noc(C(F)F)n2)CCN(C(=O)O)CC1. The topological polar surface area (TPSA) is 79.5 Å². The van der Waals surface area contributed by atoms with Gasteiger partial charge < -0.3 is 14.5 Å². The van der Waals surface area contributed by atoms with Crippen molar-refractivity contribution in [1.82, 2.24) is 15.0 Å². The lowest BCUT2D eigenvalue weighted by atomic mass is 9.80. The van der Waals surface area contributed by atoms with Crippen LogP contribution in [0.5, 0.6) is 0 Å². The second-order valence-corrected chi connectivity index (χ2v) is 4.59. The number of alkyl halides is 2. The number of hydrogen-bond donors (Lipinski definition) is 1. The molecule has 0 aromatic carbocycles. The molecule has 0 unspecified atom stereocenters. The summed E-state index contributed by atoms with van der Waals surface area (Å²) in [7, 11) is 0. The van der Waals surface area contributed by atoms with Gasteiger partial charge in [-0.3, -0.25) is 0 Å². The quantitative estimate of drug-likeness (QED) is 0.881. The maximum atomic E-state index is 12.4. The third-order valence-corrected chi connectivity index (χ3v) is 3.31. The summed E-state index contributed by atoms with van der Waals surface area (Å²) < 4.78 is 29.2. The first-order valence-electron chi connectivity index (χ1n) is 5.52. The van der Waals surface area contributed by atoms with Crippen LogP contribution in [0.15, 0.2) is 4.52 Å². The first kappa shape index (κ1) is 12.7. The third kappa shape index (κ3) is 2.27. The fourth-order valence-electron chi connectivity index (χ4n) is 1.98. The highest BCUT2D eigenvalue weighted by Crippen LogP contribution is 2.34. The van der Waals surface area contributed by atoms with Crippen LogP contribution in [0.1, 0.15) is 37.9 Å². The van der Waals surface area contributed by atoms with Gasteiger partial charge in [0, 0.05) is 18.5 Å². The lowest BCUT2D eigenvalue weighted by Crippen LogP contribution is -2.43. The van der Waals surface area contributed by atoms with E-state index in [1.807, 2.05) is 6.92 Å². The predicted molar refractivity (Wildman–Crippen MR) is 55.4 cm³/mol. The van der Waals surface area contributed by atoms with E-state index in [-0.39, 0.29) is 5.82 Å². The fourth-order valence-corrected chi connectivity index (χ4v) is 1.98. The van der Waals surface area contributed by atoms with E-state index in [1.165, 1.54) is 4.90 Å². The zero-order valence-electron chi connectivity index (χ0n) is 9.77. The number of rotatable bonds is 2. The number of amides is 1. The first-order valence-corrected chi connectivity index (χ1v) is 5.52. The maximum Gasteiger partial charge on any atom is 0.407 e. The van der Waals surface area contributed by atoms with Crippen LogP contribution in [-0.2, 0) is 5.41 Å². The van der Waals surface area contributed by atoms with Crippen molar-refractivity contribution in [3.8, 4) is 0 Å². The molecule has 18 heavy (non-hydrogen) atoms. The van der Waals surface area contributed by atoms with Gasteiger partial charge in [0.1, 0.15) is 0 Å². The molecule has 100 valence electrons. The van der Waals surface area contributed by atoms with Gasteiger partial charge >= 0.3 is 12.5 Å². The van der Waals surface area contributed by atoms with E-state index >= 15 is 0 Å². The largest absolute Gasteiger partial charge is 0.465 e. The van der Waals surface area contributed by atoms with Crippen LogP contribution >= 0.6 is 0 Å². The van der Waals surface area contributed by atoms with Crippen LogP contribution in [0.2, 0.25) is 0 Å². The lowest BCUT2D eigenvalue weighted by molar-refractivity contribution is 0.105. The standard InChI is InChI=1S/C10H13F2N3O3/c1-10(2-4-15(5-3-10)9(16)17)8-13-7(6(11)12)18-14-8/h6H,2-5H2,1H3,(H,16,17). The van der Waals surface area contributed by atoms with Crippen molar-refractivity contribution in [2.75, 3.05) is 13.1 Å². The Hall–Kier alpha value is -1.73. The molecule has 1 aliphatic heterocycles. The number of nitrogens with zero attached hydrogens (tertiary/aromatic N) is 3. The molecule has 1 aliphatic rings. The molecule has 2 heterocycles. The molecular weight excluding hydrogens is 248 g/mol. The predicted octanol–water partition coefficient (Wildman–Crippen LogP) is 2.04. The van der Waals surface area contributed by atoms with Crippen molar-refractivity contribution in [1.29, 1.82) is 0 Å². The Labute approximate surface area is 102 Å². The van der Waals surface area contributed by atoms with Crippen LogP contribution in [0.3, 0.4) is 0 Å². The van der Waals surface area contributed by atoms with Crippen molar-refractivity contribution >= 4 is 6.09 Å². The molecule has 0 spiro atoms. The Morgan fingerprint density at radius 1 is 1.50 bits per heavy atom. The van der Waals surface area contributed by atoms with Gasteiger partial charge in [0.25, 0.3) is 5.89 Å². The molecule has 1 fully saturated rings. The zero-order chi connectivity index (χ0) is 13.3. The Morgan fingerprint density at radius 2 is 2.11 bits per heavy atom. The number of halogens is 2. The van der Waals surface area contributed by atoms with Gasteiger partial charge in [-0.1, -0.05) is 12.1 Å². The zero-order valence-corrected chi connectivity index (χ0v) is 9.77. The molecule has 1 amide bonds. The van der Waals surface area contributed by atoms with Crippen LogP contribution in [-0.4, -0.2) is 39.3 Å². The van der Waals surface area contributed by atoms with Crippen LogP contribution < -0.4 is 0 Å². The smallest absolute Gasteiger partial charge is 0.407 e. The van der Waals surface area contributed by atoms with Crippen molar-refractivity contribution in [2.45, 2.75) is 31.6 Å². The van der Waals surface area contributed by atoms with Crippen LogP contribution in [0.25, 0.3) is 0 Å². The highest BCUT2D eigenvalue weighted by atomic mass is 19.3. The van der Waals surface area contributed by atoms with Gasteiger partial charge in [-0.15, -0.1) is 0 Å². The minimum absolute atomic E-state index is 0.225. The normalized spacial score (nSPS) is 19.2. The van der Waals surface area contributed by atoms with Gasteiger partial charge in [-0.05, 0) is 12.8 Å². The van der Waals surface area contributed by atoms with E-state index in [2.05, 4.69) is 14.7 Å². The number of hydrogen-bond acceptors (Lipinski definition) is 4. The Bertz CT molecular complexity index is 441. The van der Waals surface area contributed by atoms with Gasteiger partial charge in [0.2, 0.25) is 0 Å². The fraction of sp³-hybridized carbons (Fsp3) is 0.700. The maximum absolute atomic E-state index is 12.4. The monoisotopic (exact) mass is 261 g/mol. The lowest BCUT2D eigenvalue weighted by Gasteiger charge is -2.35. The van der Waals surface area contributed by atoms with Crippen molar-refractivity contribution < 1.29 is 23.2 Å². The molecular formula is C10H13F2N3O3. The minimum Gasteiger partial charge on any atom is -0.465 e. The molecule has 0 bridgehead atoms. The van der Waals surface area contributed by atoms with Crippen molar-refractivity contribution in [2.24, 2.45) is 0 Å². The molecule has 1 saturated heterocycles. The second kappa shape index (κ2) is 4.51. The highest BCUT2D eigenvalue weighted by molar-refractivity contribution is 5.65. The van der Waals surface area contributed by atoms with Gasteiger partial charge in [-0.25, -0.2) is 4.79 Å². The molecule has 0 radical (unpaired) electrons. The molecule has 0 aliphatic carbocycles. The third-order valence-electron chi connectivity index (χ3n) is 3.31. The van der Waals surface area contributed by atoms with E-state index < -0.39 is 23.8 Å². The minimum atomic E-state index is -2.78. The van der Waals surface area contributed by atoms with E-state index in [4.69, 9.17) is 5.11 Å². The first-order chi connectivity index (χ1) is 8.42. The summed E-state index contributed by atoms with van der Waals surface area (Å²) in [6.45, 7) is 2.50. The summed E-state index contributed by atoms with van der Waals surface area (Å²) in [5, 5.41) is 12.4. The van der Waals surface area contributed by atoms with Crippen LogP contribution in [0, 0.1) is 0 Å². The van der Waals surface area contributed by atoms with E-state index in [0.717, 1.165) is 0 Å². The highest BCUT2D eigenvalue weighted by Gasteiger charge is 2.37. The Balaban J connectivity index is 2.10. The number of piperidine rings is 1. The molecule has 1 aromatic rings. The summed E-state index contributed by atoms with van der Waals surface area (Å²) >= 11 is 0. The molecule has 2 rings (SSSR count). The molecule has 6 nitrogen and oxygen atoms in total. The van der Waals surface area contributed by atoms with E-state index in [9.17, 15) is 13.6 Å². The Kier molecular flexibility index (Phi) is 3.18. The summed E-state index contributed by atoms with van der Waals surface area (Å²) in [5.74, 6) is -0.463. The average molecular weight is 261 g/mol. The summed E-state index contributed by atoms with van der Waals surface area (Å²) in [6, 6.07) is 0. The molecule has 1 aromatic heterocycles. The van der Waals surface area contributed by atoms with E-state index in [1.54, 1.807) is 0 Å². The second-order valence-electron chi connectivity index (χ2n) is 4.59. The van der Waals surface area contributed by atoms with Crippen molar-refractivity contribution in [3.63, 3.8) is 0 Å². The summed E-state index contributed by atoms with van der Waals surface area (Å²) in [6.07, 6.45) is -2.78. The molecule has 8 heteroatoms. The molecule has 0 saturated carbocycles. The average Bonchev–Trinajstić information content (AvgIpc) is 2.79. The van der Waals surface area contributed by atoms with Gasteiger partial charge in [-0.2, -0.15) is 13.8 Å². The molecule has 1 N–H and O–H groups in total. The number of carbonyl (C=O) groups is 1. The molecule has 0 atom stereocenters. The van der Waals surface area contributed by atoms with Gasteiger partial charge in [0.15, 0.2) is 5.82 Å². The van der Waals surface area contributed by atoms with E-state index in [0.29, 0.717) is 25.9 Å². The number of carboxylic acid groups (broad SMARTS) is 1.